The highest BCUT2D eigenvalue weighted by Crippen LogP contribution is 2.36. The second kappa shape index (κ2) is 4.90. The predicted octanol–water partition coefficient (Wildman–Crippen LogP) is 3.21. The van der Waals surface area contributed by atoms with E-state index in [9.17, 15) is 14.9 Å². The van der Waals surface area contributed by atoms with Crippen molar-refractivity contribution in [2.24, 2.45) is 0 Å². The van der Waals surface area contributed by atoms with Gasteiger partial charge in [-0.2, -0.15) is 0 Å². The lowest BCUT2D eigenvalue weighted by Crippen LogP contribution is -2.05. The Labute approximate surface area is 119 Å². The average Bonchev–Trinajstić information content (AvgIpc) is 2.86. The van der Waals surface area contributed by atoms with Crippen LogP contribution in [0.3, 0.4) is 0 Å². The summed E-state index contributed by atoms with van der Waals surface area (Å²) in [4.78, 5) is 22.1. The Morgan fingerprint density at radius 1 is 1.29 bits per heavy atom. The molecule has 3 aromatic rings. The summed E-state index contributed by atoms with van der Waals surface area (Å²) >= 11 is 0. The largest absolute Gasteiger partial charge is 0.469 e. The normalized spacial score (nSPS) is 10.9. The number of fused-ring (bicyclic) bond motifs is 3. The monoisotopic (exact) mass is 285 g/mol. The molecule has 0 aliphatic carbocycles. The van der Waals surface area contributed by atoms with Gasteiger partial charge in [0, 0.05) is 5.39 Å². The van der Waals surface area contributed by atoms with E-state index in [-0.39, 0.29) is 12.0 Å². The molecule has 0 aliphatic heterocycles. The van der Waals surface area contributed by atoms with Crippen LogP contribution in [0.5, 0.6) is 0 Å². The minimum absolute atomic E-state index is 0.201. The highest BCUT2D eigenvalue weighted by molar-refractivity contribution is 6.09. The minimum Gasteiger partial charge on any atom is -0.469 e. The third-order valence-corrected chi connectivity index (χ3v) is 3.37. The molecule has 0 bridgehead atoms. The molecule has 0 spiro atoms. The standard InChI is InChI=1S/C15H11NO5/c1-20-13(17)8-11-14-10-5-3-2-4-9(10)6-7-12(14)21-15(11)16(18)19/h2-7H,8H2,1H3. The molecule has 0 radical (unpaired) electrons. The van der Waals surface area contributed by atoms with E-state index in [1.807, 2.05) is 30.3 Å². The predicted molar refractivity (Wildman–Crippen MR) is 76.1 cm³/mol. The van der Waals surface area contributed by atoms with Crippen molar-refractivity contribution in [2.75, 3.05) is 7.11 Å². The summed E-state index contributed by atoms with van der Waals surface area (Å²) in [6.45, 7) is 0. The molecule has 3 rings (SSSR count). The fourth-order valence-electron chi connectivity index (χ4n) is 2.45. The minimum atomic E-state index is -0.618. The molecule has 0 unspecified atom stereocenters. The molecule has 6 nitrogen and oxygen atoms in total. The number of hydrogen-bond acceptors (Lipinski definition) is 5. The van der Waals surface area contributed by atoms with Gasteiger partial charge in [-0.15, -0.1) is 0 Å². The molecule has 6 heteroatoms. The molecule has 21 heavy (non-hydrogen) atoms. The Morgan fingerprint density at radius 2 is 2.05 bits per heavy atom. The number of methoxy groups -OCH3 is 1. The van der Waals surface area contributed by atoms with Crippen molar-refractivity contribution >= 4 is 33.6 Å². The number of carbonyl (C=O) groups is 1. The maximum absolute atomic E-state index is 11.5. The van der Waals surface area contributed by atoms with Crippen LogP contribution >= 0.6 is 0 Å². The van der Waals surface area contributed by atoms with Crippen LogP contribution in [0.25, 0.3) is 21.7 Å². The molecule has 0 saturated carbocycles. The summed E-state index contributed by atoms with van der Waals surface area (Å²) in [5.74, 6) is -0.958. The number of rotatable bonds is 3. The van der Waals surface area contributed by atoms with Gasteiger partial charge in [0.05, 0.1) is 19.1 Å². The number of carbonyl (C=O) groups excluding carboxylic acids is 1. The smallest absolute Gasteiger partial charge is 0.438 e. The van der Waals surface area contributed by atoms with Crippen LogP contribution in [0.15, 0.2) is 40.8 Å². The number of furan rings is 1. The van der Waals surface area contributed by atoms with Crippen LogP contribution in [0.2, 0.25) is 0 Å². The van der Waals surface area contributed by atoms with Crippen LogP contribution in [-0.2, 0) is 16.0 Å². The molecular formula is C15H11NO5. The summed E-state index contributed by atoms with van der Waals surface area (Å²) in [7, 11) is 1.24. The van der Waals surface area contributed by atoms with Crippen LogP contribution < -0.4 is 0 Å². The molecule has 0 N–H and O–H groups in total. The van der Waals surface area contributed by atoms with E-state index < -0.39 is 16.8 Å². The fourth-order valence-corrected chi connectivity index (χ4v) is 2.45. The van der Waals surface area contributed by atoms with Crippen molar-refractivity contribution in [3.63, 3.8) is 0 Å². The van der Waals surface area contributed by atoms with Gasteiger partial charge < -0.3 is 9.15 Å². The zero-order chi connectivity index (χ0) is 15.0. The molecule has 1 aromatic heterocycles. The molecule has 0 fully saturated rings. The van der Waals surface area contributed by atoms with E-state index in [1.165, 1.54) is 7.11 Å². The number of hydrogen-bond donors (Lipinski definition) is 0. The maximum atomic E-state index is 11.5. The number of ether oxygens (including phenoxy) is 1. The zero-order valence-electron chi connectivity index (χ0n) is 11.2. The SMILES string of the molecule is COC(=O)Cc1c([N+](=O)[O-])oc2ccc3ccccc3c12. The first-order chi connectivity index (χ1) is 10.1. The summed E-state index contributed by atoms with van der Waals surface area (Å²) in [6.07, 6.45) is -0.201. The Kier molecular flexibility index (Phi) is 3.06. The fraction of sp³-hybridized carbons (Fsp3) is 0.133. The van der Waals surface area contributed by atoms with Crippen LogP contribution in [0.1, 0.15) is 5.56 Å². The first-order valence-electron chi connectivity index (χ1n) is 6.26. The summed E-state index contributed by atoms with van der Waals surface area (Å²) in [5.41, 5.74) is 0.637. The number of benzene rings is 2. The van der Waals surface area contributed by atoms with Crippen LogP contribution in [0, 0.1) is 10.1 Å². The number of nitrogens with zero attached hydrogens (tertiary/aromatic N) is 1. The van der Waals surface area contributed by atoms with Crippen molar-refractivity contribution < 1.29 is 18.9 Å². The van der Waals surface area contributed by atoms with Crippen molar-refractivity contribution in [2.45, 2.75) is 6.42 Å². The molecule has 0 saturated heterocycles. The highest BCUT2D eigenvalue weighted by atomic mass is 16.6. The lowest BCUT2D eigenvalue weighted by molar-refractivity contribution is -0.402. The third-order valence-electron chi connectivity index (χ3n) is 3.37. The lowest BCUT2D eigenvalue weighted by atomic mass is 10.0. The summed E-state index contributed by atoms with van der Waals surface area (Å²) in [5, 5.41) is 13.5. The van der Waals surface area contributed by atoms with E-state index in [2.05, 4.69) is 4.74 Å². The highest BCUT2D eigenvalue weighted by Gasteiger charge is 2.27. The van der Waals surface area contributed by atoms with Gasteiger partial charge in [0.25, 0.3) is 0 Å². The van der Waals surface area contributed by atoms with E-state index in [0.29, 0.717) is 11.0 Å². The third kappa shape index (κ3) is 2.10. The maximum Gasteiger partial charge on any atom is 0.438 e. The Balaban J connectivity index is 2.38. The topological polar surface area (TPSA) is 82.6 Å². The molecule has 0 aliphatic rings. The van der Waals surface area contributed by atoms with Gasteiger partial charge >= 0.3 is 11.9 Å². The van der Waals surface area contributed by atoms with E-state index >= 15 is 0 Å². The van der Waals surface area contributed by atoms with Crippen molar-refractivity contribution in [1.29, 1.82) is 0 Å². The van der Waals surface area contributed by atoms with Crippen LogP contribution in [-0.4, -0.2) is 18.0 Å². The van der Waals surface area contributed by atoms with Gasteiger partial charge in [-0.05, 0) is 16.8 Å². The van der Waals surface area contributed by atoms with Crippen molar-refractivity contribution in [3.8, 4) is 0 Å². The lowest BCUT2D eigenvalue weighted by Gasteiger charge is -2.01. The van der Waals surface area contributed by atoms with Crippen molar-refractivity contribution in [3.05, 3.63) is 52.1 Å². The molecular weight excluding hydrogens is 274 g/mol. The van der Waals surface area contributed by atoms with Gasteiger partial charge in [0.15, 0.2) is 0 Å². The average molecular weight is 285 g/mol. The molecule has 106 valence electrons. The van der Waals surface area contributed by atoms with E-state index in [4.69, 9.17) is 4.42 Å². The van der Waals surface area contributed by atoms with E-state index in [0.717, 1.165) is 10.8 Å². The molecule has 0 atom stereocenters. The summed E-state index contributed by atoms with van der Waals surface area (Å²) in [6, 6.07) is 11.0. The first-order valence-corrected chi connectivity index (χ1v) is 6.26. The Morgan fingerprint density at radius 3 is 2.76 bits per heavy atom. The van der Waals surface area contributed by atoms with Gasteiger partial charge in [0.1, 0.15) is 10.5 Å². The Bertz CT molecular complexity index is 865. The summed E-state index contributed by atoms with van der Waals surface area (Å²) < 4.78 is 9.92. The van der Waals surface area contributed by atoms with Gasteiger partial charge in [-0.1, -0.05) is 30.3 Å². The van der Waals surface area contributed by atoms with E-state index in [1.54, 1.807) is 6.07 Å². The molecule has 0 amide bonds. The van der Waals surface area contributed by atoms with Crippen molar-refractivity contribution in [1.82, 2.24) is 0 Å². The Hall–Kier alpha value is -2.89. The second-order valence-electron chi connectivity index (χ2n) is 4.56. The number of nitro groups is 1. The van der Waals surface area contributed by atoms with Gasteiger partial charge in [0.2, 0.25) is 0 Å². The zero-order valence-corrected chi connectivity index (χ0v) is 11.2. The van der Waals surface area contributed by atoms with Gasteiger partial charge in [-0.25, -0.2) is 0 Å². The van der Waals surface area contributed by atoms with Gasteiger partial charge in [-0.3, -0.25) is 14.9 Å². The molecule has 2 aromatic carbocycles. The first kappa shape index (κ1) is 13.1. The number of esters is 1. The molecule has 1 heterocycles. The van der Waals surface area contributed by atoms with Crippen LogP contribution in [0.4, 0.5) is 5.88 Å². The second-order valence-corrected chi connectivity index (χ2v) is 4.56. The quantitative estimate of drug-likeness (QED) is 0.419.